The van der Waals surface area contributed by atoms with Gasteiger partial charge in [-0.05, 0) is 48.9 Å². The lowest BCUT2D eigenvalue weighted by atomic mass is 10.1. The monoisotopic (exact) mass is 424 g/mol. The number of hydrogen-bond acceptors (Lipinski definition) is 5. The van der Waals surface area contributed by atoms with Crippen molar-refractivity contribution in [3.63, 3.8) is 0 Å². The minimum atomic E-state index is -3.77. The molecule has 0 heterocycles. The Morgan fingerprint density at radius 3 is 2.17 bits per heavy atom. The molecule has 0 aromatic heterocycles. The zero-order valence-electron chi connectivity index (χ0n) is 17.0. The van der Waals surface area contributed by atoms with Crippen LogP contribution in [0.5, 0.6) is 11.5 Å². The van der Waals surface area contributed by atoms with E-state index in [4.69, 9.17) is 9.47 Å². The third kappa shape index (κ3) is 5.38. The van der Waals surface area contributed by atoms with Gasteiger partial charge in [-0.2, -0.15) is 0 Å². The number of likely N-dealkylation sites (N-methyl/N-ethyl adjacent to an activating group) is 1. The molecule has 0 saturated carbocycles. The van der Waals surface area contributed by atoms with E-state index in [1.807, 2.05) is 0 Å². The van der Waals surface area contributed by atoms with Crippen molar-refractivity contribution in [2.75, 3.05) is 31.8 Å². The Kier molecular flexibility index (Phi) is 7.07. The predicted octanol–water partition coefficient (Wildman–Crippen LogP) is 2.66. The number of ether oxygens (including phenoxy) is 2. The first-order valence-electron chi connectivity index (χ1n) is 8.79. The summed E-state index contributed by atoms with van der Waals surface area (Å²) in [6.07, 6.45) is 1.01. The highest BCUT2D eigenvalue weighted by Gasteiger charge is 2.31. The quantitative estimate of drug-likeness (QED) is 0.651. The summed E-state index contributed by atoms with van der Waals surface area (Å²) in [6.45, 7) is 1.74. The van der Waals surface area contributed by atoms with Gasteiger partial charge in [0.2, 0.25) is 15.9 Å². The van der Waals surface area contributed by atoms with Crippen LogP contribution >= 0.6 is 0 Å². The molecule has 29 heavy (non-hydrogen) atoms. The first kappa shape index (κ1) is 22.5. The number of halogens is 1. The first-order valence-corrected chi connectivity index (χ1v) is 10.6. The average Bonchev–Trinajstić information content (AvgIpc) is 2.67. The SMILES string of the molecule is COc1ccc(CN(C)C(=O)[C@H](C)N(c2ccc(F)cc2)S(C)(=O)=O)cc1OC. The summed E-state index contributed by atoms with van der Waals surface area (Å²) in [5.74, 6) is 0.197. The maximum absolute atomic E-state index is 13.2. The highest BCUT2D eigenvalue weighted by atomic mass is 32.2. The minimum Gasteiger partial charge on any atom is -0.493 e. The van der Waals surface area contributed by atoms with E-state index in [2.05, 4.69) is 0 Å². The molecule has 2 aromatic rings. The maximum atomic E-state index is 13.2. The average molecular weight is 424 g/mol. The molecule has 0 aliphatic heterocycles. The number of sulfonamides is 1. The van der Waals surface area contributed by atoms with E-state index in [0.29, 0.717) is 11.5 Å². The van der Waals surface area contributed by atoms with Gasteiger partial charge in [0.1, 0.15) is 11.9 Å². The van der Waals surface area contributed by atoms with Crippen LogP contribution < -0.4 is 13.8 Å². The fraction of sp³-hybridized carbons (Fsp3) is 0.350. The van der Waals surface area contributed by atoms with Crippen LogP contribution in [-0.4, -0.2) is 52.8 Å². The van der Waals surface area contributed by atoms with E-state index in [-0.39, 0.29) is 12.2 Å². The summed E-state index contributed by atoms with van der Waals surface area (Å²) in [5.41, 5.74) is 1.01. The number of amides is 1. The summed E-state index contributed by atoms with van der Waals surface area (Å²) < 4.78 is 49.3. The molecule has 2 aromatic carbocycles. The molecule has 0 bridgehead atoms. The zero-order valence-corrected chi connectivity index (χ0v) is 17.9. The lowest BCUT2D eigenvalue weighted by Crippen LogP contribution is -2.48. The number of anilines is 1. The molecule has 0 unspecified atom stereocenters. The largest absolute Gasteiger partial charge is 0.493 e. The van der Waals surface area contributed by atoms with Gasteiger partial charge >= 0.3 is 0 Å². The van der Waals surface area contributed by atoms with Gasteiger partial charge in [0.25, 0.3) is 0 Å². The van der Waals surface area contributed by atoms with E-state index in [9.17, 15) is 17.6 Å². The maximum Gasteiger partial charge on any atom is 0.246 e. The van der Waals surface area contributed by atoms with Crippen molar-refractivity contribution in [1.29, 1.82) is 0 Å². The Hall–Kier alpha value is -2.81. The highest BCUT2D eigenvalue weighted by Crippen LogP contribution is 2.28. The van der Waals surface area contributed by atoms with Crippen molar-refractivity contribution in [3.8, 4) is 11.5 Å². The first-order chi connectivity index (χ1) is 13.6. The lowest BCUT2D eigenvalue weighted by molar-refractivity contribution is -0.131. The molecule has 0 radical (unpaired) electrons. The number of benzene rings is 2. The van der Waals surface area contributed by atoms with Crippen molar-refractivity contribution >= 4 is 21.6 Å². The van der Waals surface area contributed by atoms with Crippen molar-refractivity contribution < 1.29 is 27.1 Å². The van der Waals surface area contributed by atoms with Gasteiger partial charge in [-0.25, -0.2) is 12.8 Å². The van der Waals surface area contributed by atoms with Gasteiger partial charge in [0.15, 0.2) is 11.5 Å². The number of carbonyl (C=O) groups is 1. The van der Waals surface area contributed by atoms with Gasteiger partial charge in [-0.15, -0.1) is 0 Å². The fourth-order valence-electron chi connectivity index (χ4n) is 3.04. The molecule has 0 aliphatic rings. The zero-order chi connectivity index (χ0) is 21.8. The molecule has 7 nitrogen and oxygen atoms in total. The Labute approximate surface area is 170 Å². The molecule has 158 valence electrons. The molecular formula is C20H25FN2O5S. The molecule has 9 heteroatoms. The molecule has 0 N–H and O–H groups in total. The Morgan fingerprint density at radius 2 is 1.66 bits per heavy atom. The summed E-state index contributed by atoms with van der Waals surface area (Å²) >= 11 is 0. The number of nitrogens with zero attached hydrogens (tertiary/aromatic N) is 2. The smallest absolute Gasteiger partial charge is 0.246 e. The van der Waals surface area contributed by atoms with Crippen LogP contribution in [0.2, 0.25) is 0 Å². The Bertz CT molecular complexity index is 963. The summed E-state index contributed by atoms with van der Waals surface area (Å²) in [7, 11) is 0.861. The molecule has 0 saturated heterocycles. The van der Waals surface area contributed by atoms with Gasteiger partial charge in [-0.1, -0.05) is 6.07 Å². The van der Waals surface area contributed by atoms with Crippen molar-refractivity contribution in [3.05, 3.63) is 53.8 Å². The van der Waals surface area contributed by atoms with Crippen molar-refractivity contribution in [1.82, 2.24) is 4.90 Å². The van der Waals surface area contributed by atoms with Crippen LogP contribution in [0.25, 0.3) is 0 Å². The second-order valence-corrected chi connectivity index (χ2v) is 8.45. The third-order valence-electron chi connectivity index (χ3n) is 4.39. The van der Waals surface area contributed by atoms with Crippen LogP contribution in [0.1, 0.15) is 12.5 Å². The number of rotatable bonds is 8. The van der Waals surface area contributed by atoms with E-state index >= 15 is 0 Å². The van der Waals surface area contributed by atoms with Crippen LogP contribution in [0.4, 0.5) is 10.1 Å². The second kappa shape index (κ2) is 9.13. The number of carbonyl (C=O) groups excluding carboxylic acids is 1. The standard InChI is InChI=1S/C20H25FN2O5S/c1-14(23(29(5,25)26)17-9-7-16(21)8-10-17)20(24)22(2)13-15-6-11-18(27-3)19(12-15)28-4/h6-12,14H,13H2,1-5H3/t14-/m0/s1. The van der Waals surface area contributed by atoms with E-state index < -0.39 is 27.8 Å². The third-order valence-corrected chi connectivity index (χ3v) is 5.63. The van der Waals surface area contributed by atoms with Crippen LogP contribution in [-0.2, 0) is 21.4 Å². The Balaban J connectivity index is 2.25. The van der Waals surface area contributed by atoms with Gasteiger partial charge in [0, 0.05) is 13.6 Å². The fourth-order valence-corrected chi connectivity index (χ4v) is 4.21. The van der Waals surface area contributed by atoms with Crippen LogP contribution in [0, 0.1) is 5.82 Å². The second-order valence-electron chi connectivity index (χ2n) is 6.59. The normalized spacial score (nSPS) is 12.2. The van der Waals surface area contributed by atoms with Crippen LogP contribution in [0.3, 0.4) is 0 Å². The summed E-state index contributed by atoms with van der Waals surface area (Å²) in [4.78, 5) is 14.4. The van der Waals surface area contributed by atoms with E-state index in [1.54, 1.807) is 25.2 Å². The van der Waals surface area contributed by atoms with E-state index in [1.165, 1.54) is 38.2 Å². The molecule has 1 amide bonds. The predicted molar refractivity (Wildman–Crippen MR) is 109 cm³/mol. The van der Waals surface area contributed by atoms with Crippen LogP contribution in [0.15, 0.2) is 42.5 Å². The lowest BCUT2D eigenvalue weighted by Gasteiger charge is -2.31. The van der Waals surface area contributed by atoms with Crippen molar-refractivity contribution in [2.45, 2.75) is 19.5 Å². The molecule has 0 aliphatic carbocycles. The topological polar surface area (TPSA) is 76.2 Å². The van der Waals surface area contributed by atoms with Gasteiger partial charge < -0.3 is 14.4 Å². The Morgan fingerprint density at radius 1 is 1.07 bits per heavy atom. The molecule has 1 atom stereocenters. The highest BCUT2D eigenvalue weighted by molar-refractivity contribution is 7.92. The number of hydrogen-bond donors (Lipinski definition) is 0. The van der Waals surface area contributed by atoms with E-state index in [0.717, 1.165) is 28.3 Å². The molecule has 0 spiro atoms. The summed E-state index contributed by atoms with van der Waals surface area (Å²) in [6, 6.07) is 9.22. The summed E-state index contributed by atoms with van der Waals surface area (Å²) in [5, 5.41) is 0. The van der Waals surface area contributed by atoms with Crippen molar-refractivity contribution in [2.24, 2.45) is 0 Å². The molecule has 2 rings (SSSR count). The molecule has 0 fully saturated rings. The van der Waals surface area contributed by atoms with Gasteiger partial charge in [-0.3, -0.25) is 9.10 Å². The van der Waals surface area contributed by atoms with Gasteiger partial charge in [0.05, 0.1) is 26.2 Å². The number of methoxy groups -OCH3 is 2. The molecular weight excluding hydrogens is 399 g/mol. The minimum absolute atomic E-state index is 0.217.